The fourth-order valence-electron chi connectivity index (χ4n) is 2.22. The molecular weight excluding hydrogens is 206 g/mol. The summed E-state index contributed by atoms with van der Waals surface area (Å²) >= 11 is 0. The SMILES string of the molecule is CNC(=O)C1CCCN1C(=O)C1(C#N)CC1. The minimum Gasteiger partial charge on any atom is -0.357 e. The summed E-state index contributed by atoms with van der Waals surface area (Å²) in [6, 6.07) is 1.71. The van der Waals surface area contributed by atoms with E-state index < -0.39 is 5.41 Å². The molecule has 1 N–H and O–H groups in total. The first-order valence-electron chi connectivity index (χ1n) is 5.58. The molecule has 16 heavy (non-hydrogen) atoms. The first-order valence-corrected chi connectivity index (χ1v) is 5.58. The van der Waals surface area contributed by atoms with Crippen molar-refractivity contribution in [2.75, 3.05) is 13.6 Å². The van der Waals surface area contributed by atoms with E-state index >= 15 is 0 Å². The summed E-state index contributed by atoms with van der Waals surface area (Å²) in [5.74, 6) is -0.277. The third kappa shape index (κ3) is 1.54. The fourth-order valence-corrected chi connectivity index (χ4v) is 2.22. The summed E-state index contributed by atoms with van der Waals surface area (Å²) in [6.45, 7) is 0.598. The van der Waals surface area contributed by atoms with Gasteiger partial charge in [-0.05, 0) is 25.7 Å². The maximum Gasteiger partial charge on any atom is 0.243 e. The molecule has 2 rings (SSSR count). The summed E-state index contributed by atoms with van der Waals surface area (Å²) in [7, 11) is 1.57. The van der Waals surface area contributed by atoms with E-state index in [0.29, 0.717) is 25.8 Å². The zero-order valence-electron chi connectivity index (χ0n) is 9.32. The number of amides is 2. The molecular formula is C11H15N3O2. The van der Waals surface area contributed by atoms with Crippen LogP contribution in [0, 0.1) is 16.7 Å². The van der Waals surface area contributed by atoms with Gasteiger partial charge in [0.1, 0.15) is 11.5 Å². The summed E-state index contributed by atoms with van der Waals surface area (Å²) in [5.41, 5.74) is -0.809. The molecule has 1 heterocycles. The Hall–Kier alpha value is -1.57. The van der Waals surface area contributed by atoms with Crippen LogP contribution in [-0.4, -0.2) is 36.3 Å². The van der Waals surface area contributed by atoms with Crippen molar-refractivity contribution >= 4 is 11.8 Å². The molecule has 5 nitrogen and oxygen atoms in total. The van der Waals surface area contributed by atoms with Gasteiger partial charge in [0.05, 0.1) is 6.07 Å². The van der Waals surface area contributed by atoms with Gasteiger partial charge in [-0.3, -0.25) is 9.59 Å². The van der Waals surface area contributed by atoms with E-state index in [4.69, 9.17) is 5.26 Å². The second kappa shape index (κ2) is 3.78. The van der Waals surface area contributed by atoms with Gasteiger partial charge in [-0.2, -0.15) is 5.26 Å². The van der Waals surface area contributed by atoms with E-state index in [-0.39, 0.29) is 17.9 Å². The number of carbonyl (C=O) groups is 2. The van der Waals surface area contributed by atoms with Gasteiger partial charge >= 0.3 is 0 Å². The number of likely N-dealkylation sites (tertiary alicyclic amines) is 1. The van der Waals surface area contributed by atoms with Crippen LogP contribution in [-0.2, 0) is 9.59 Å². The van der Waals surface area contributed by atoms with E-state index in [9.17, 15) is 9.59 Å². The lowest BCUT2D eigenvalue weighted by atomic mass is 10.1. The molecule has 2 fully saturated rings. The normalized spacial score (nSPS) is 26.0. The van der Waals surface area contributed by atoms with Crippen molar-refractivity contribution in [3.05, 3.63) is 0 Å². The Morgan fingerprint density at radius 2 is 2.19 bits per heavy atom. The largest absolute Gasteiger partial charge is 0.357 e. The molecule has 0 radical (unpaired) electrons. The van der Waals surface area contributed by atoms with Crippen LogP contribution >= 0.6 is 0 Å². The minimum absolute atomic E-state index is 0.125. The maximum absolute atomic E-state index is 12.1. The average molecular weight is 221 g/mol. The van der Waals surface area contributed by atoms with Gasteiger partial charge in [-0.1, -0.05) is 0 Å². The third-order valence-corrected chi connectivity index (χ3v) is 3.44. The third-order valence-electron chi connectivity index (χ3n) is 3.44. The predicted molar refractivity (Wildman–Crippen MR) is 56.1 cm³/mol. The second-order valence-corrected chi connectivity index (χ2v) is 4.46. The molecule has 0 spiro atoms. The molecule has 5 heteroatoms. The van der Waals surface area contributed by atoms with E-state index in [2.05, 4.69) is 11.4 Å². The van der Waals surface area contributed by atoms with E-state index in [0.717, 1.165) is 6.42 Å². The number of hydrogen-bond donors (Lipinski definition) is 1. The first kappa shape index (κ1) is 10.9. The quantitative estimate of drug-likeness (QED) is 0.714. The smallest absolute Gasteiger partial charge is 0.243 e. The van der Waals surface area contributed by atoms with Crippen LogP contribution in [0.2, 0.25) is 0 Å². The Morgan fingerprint density at radius 1 is 1.50 bits per heavy atom. The highest BCUT2D eigenvalue weighted by Gasteiger charge is 2.54. The first-order chi connectivity index (χ1) is 7.64. The standard InChI is InChI=1S/C11H15N3O2/c1-13-9(15)8-3-2-6-14(8)10(16)11(7-12)4-5-11/h8H,2-6H2,1H3,(H,13,15). The second-order valence-electron chi connectivity index (χ2n) is 4.46. The fraction of sp³-hybridized carbons (Fsp3) is 0.727. The summed E-state index contributed by atoms with van der Waals surface area (Å²) in [5, 5.41) is 11.5. The molecule has 1 atom stereocenters. The Morgan fingerprint density at radius 3 is 2.69 bits per heavy atom. The number of nitrogens with one attached hydrogen (secondary N) is 1. The molecule has 1 aliphatic carbocycles. The topological polar surface area (TPSA) is 73.2 Å². The van der Waals surface area contributed by atoms with Crippen LogP contribution in [0.3, 0.4) is 0 Å². The molecule has 0 aromatic rings. The van der Waals surface area contributed by atoms with E-state index in [1.54, 1.807) is 11.9 Å². The number of nitriles is 1. The highest BCUT2D eigenvalue weighted by molar-refractivity contribution is 5.93. The molecule has 2 aliphatic rings. The molecule has 86 valence electrons. The van der Waals surface area contributed by atoms with Gasteiger partial charge in [0, 0.05) is 13.6 Å². The number of rotatable bonds is 2. The zero-order chi connectivity index (χ0) is 11.8. The monoisotopic (exact) mass is 221 g/mol. The van der Waals surface area contributed by atoms with Crippen molar-refractivity contribution in [1.29, 1.82) is 5.26 Å². The van der Waals surface area contributed by atoms with Crippen molar-refractivity contribution in [1.82, 2.24) is 10.2 Å². The van der Waals surface area contributed by atoms with Gasteiger partial charge in [0.2, 0.25) is 11.8 Å². The molecule has 1 saturated heterocycles. The van der Waals surface area contributed by atoms with E-state index in [1.165, 1.54) is 0 Å². The molecule has 1 aliphatic heterocycles. The Kier molecular flexibility index (Phi) is 2.58. The number of nitrogens with zero attached hydrogens (tertiary/aromatic N) is 2. The lowest BCUT2D eigenvalue weighted by Gasteiger charge is -2.25. The van der Waals surface area contributed by atoms with Gasteiger partial charge < -0.3 is 10.2 Å². The lowest BCUT2D eigenvalue weighted by molar-refractivity contribution is -0.141. The van der Waals surface area contributed by atoms with Crippen LogP contribution in [0.4, 0.5) is 0 Å². The van der Waals surface area contributed by atoms with Crippen LogP contribution < -0.4 is 5.32 Å². The van der Waals surface area contributed by atoms with Crippen molar-refractivity contribution in [3.63, 3.8) is 0 Å². The molecule has 2 amide bonds. The van der Waals surface area contributed by atoms with Crippen molar-refractivity contribution < 1.29 is 9.59 Å². The van der Waals surface area contributed by atoms with Crippen molar-refractivity contribution in [2.24, 2.45) is 5.41 Å². The molecule has 0 bridgehead atoms. The Labute approximate surface area is 94.4 Å². The van der Waals surface area contributed by atoms with Crippen LogP contribution in [0.25, 0.3) is 0 Å². The summed E-state index contributed by atoms with van der Waals surface area (Å²) in [6.07, 6.45) is 2.82. The highest BCUT2D eigenvalue weighted by Crippen LogP contribution is 2.47. The van der Waals surface area contributed by atoms with Gasteiger partial charge in [0.15, 0.2) is 0 Å². The van der Waals surface area contributed by atoms with Crippen molar-refractivity contribution in [3.8, 4) is 6.07 Å². The zero-order valence-corrected chi connectivity index (χ0v) is 9.32. The summed E-state index contributed by atoms with van der Waals surface area (Å²) in [4.78, 5) is 25.3. The summed E-state index contributed by atoms with van der Waals surface area (Å²) < 4.78 is 0. The van der Waals surface area contributed by atoms with Crippen LogP contribution in [0.5, 0.6) is 0 Å². The average Bonchev–Trinajstić information content (AvgIpc) is 2.97. The van der Waals surface area contributed by atoms with E-state index in [1.807, 2.05) is 0 Å². The lowest BCUT2D eigenvalue weighted by Crippen LogP contribution is -2.47. The van der Waals surface area contributed by atoms with Crippen molar-refractivity contribution in [2.45, 2.75) is 31.7 Å². The van der Waals surface area contributed by atoms with Gasteiger partial charge in [-0.25, -0.2) is 0 Å². The number of hydrogen-bond acceptors (Lipinski definition) is 3. The number of likely N-dealkylation sites (N-methyl/N-ethyl adjacent to an activating group) is 1. The Balaban J connectivity index is 2.12. The Bertz CT molecular complexity index is 368. The molecule has 0 aromatic heterocycles. The van der Waals surface area contributed by atoms with Crippen LogP contribution in [0.15, 0.2) is 0 Å². The molecule has 1 unspecified atom stereocenters. The van der Waals surface area contributed by atoms with Gasteiger partial charge in [-0.15, -0.1) is 0 Å². The minimum atomic E-state index is -0.809. The maximum atomic E-state index is 12.1. The predicted octanol–water partition coefficient (Wildman–Crippen LogP) is 0.0272. The van der Waals surface area contributed by atoms with Crippen LogP contribution in [0.1, 0.15) is 25.7 Å². The molecule has 0 aromatic carbocycles. The number of carbonyl (C=O) groups excluding carboxylic acids is 2. The van der Waals surface area contributed by atoms with Gasteiger partial charge in [0.25, 0.3) is 0 Å². The highest BCUT2D eigenvalue weighted by atomic mass is 16.2. The molecule has 1 saturated carbocycles.